The van der Waals surface area contributed by atoms with Crippen LogP contribution in [0.2, 0.25) is 0 Å². The summed E-state index contributed by atoms with van der Waals surface area (Å²) in [6.07, 6.45) is 1.79. The van der Waals surface area contributed by atoms with Crippen molar-refractivity contribution in [3.8, 4) is 11.3 Å². The van der Waals surface area contributed by atoms with Crippen LogP contribution in [0.1, 0.15) is 26.5 Å². The molecule has 0 atom stereocenters. The van der Waals surface area contributed by atoms with Gasteiger partial charge in [-0.3, -0.25) is 10.2 Å². The molecule has 80 valence electrons. The molecule has 5 heteroatoms. The maximum atomic E-state index is 5.57. The quantitative estimate of drug-likeness (QED) is 0.662. The average Bonchev–Trinajstić information content (AvgIpc) is 2.68. The molecule has 15 heavy (non-hydrogen) atoms. The molecule has 2 aromatic rings. The predicted molar refractivity (Wildman–Crippen MR) is 59.3 cm³/mol. The molecule has 0 saturated carbocycles. The molecule has 0 aliphatic carbocycles. The standard InChI is InChI=1S/C10H15N5/c1-10(2,3)9-6(5-12-15-9)7-4-8(11)14-13-7/h4-5H,1-3H3,(H,12,15)(H3,11,13,14). The Morgan fingerprint density at radius 3 is 2.53 bits per heavy atom. The molecule has 0 amide bonds. The van der Waals surface area contributed by atoms with Crippen LogP contribution in [0.4, 0.5) is 5.82 Å². The first-order chi connectivity index (χ1) is 6.98. The van der Waals surface area contributed by atoms with Crippen molar-refractivity contribution >= 4 is 5.82 Å². The van der Waals surface area contributed by atoms with E-state index in [0.29, 0.717) is 5.82 Å². The number of rotatable bonds is 1. The van der Waals surface area contributed by atoms with Crippen LogP contribution < -0.4 is 5.73 Å². The zero-order chi connectivity index (χ0) is 11.1. The Balaban J connectivity index is 2.50. The molecule has 0 unspecified atom stereocenters. The Morgan fingerprint density at radius 2 is 2.00 bits per heavy atom. The largest absolute Gasteiger partial charge is 0.382 e. The SMILES string of the molecule is CC(C)(C)c1[nH]ncc1-c1cc(N)n[nH]1. The van der Waals surface area contributed by atoms with Gasteiger partial charge in [-0.05, 0) is 0 Å². The van der Waals surface area contributed by atoms with Gasteiger partial charge in [0.15, 0.2) is 0 Å². The first-order valence-electron chi connectivity index (χ1n) is 4.83. The van der Waals surface area contributed by atoms with Crippen molar-refractivity contribution < 1.29 is 0 Å². The summed E-state index contributed by atoms with van der Waals surface area (Å²) in [7, 11) is 0. The van der Waals surface area contributed by atoms with Crippen LogP contribution in [0.15, 0.2) is 12.3 Å². The molecule has 2 heterocycles. The lowest BCUT2D eigenvalue weighted by Gasteiger charge is -2.17. The second-order valence-electron chi connectivity index (χ2n) is 4.62. The van der Waals surface area contributed by atoms with E-state index in [1.807, 2.05) is 0 Å². The van der Waals surface area contributed by atoms with Crippen LogP contribution in [-0.4, -0.2) is 20.4 Å². The van der Waals surface area contributed by atoms with Gasteiger partial charge < -0.3 is 5.73 Å². The van der Waals surface area contributed by atoms with Crippen LogP contribution in [-0.2, 0) is 5.41 Å². The second kappa shape index (κ2) is 3.12. The van der Waals surface area contributed by atoms with Gasteiger partial charge in [-0.25, -0.2) is 0 Å². The van der Waals surface area contributed by atoms with E-state index < -0.39 is 0 Å². The molecular formula is C10H15N5. The average molecular weight is 205 g/mol. The summed E-state index contributed by atoms with van der Waals surface area (Å²) in [5.74, 6) is 0.492. The second-order valence-corrected chi connectivity index (χ2v) is 4.62. The van der Waals surface area contributed by atoms with E-state index >= 15 is 0 Å². The number of nitrogens with zero attached hydrogens (tertiary/aromatic N) is 2. The first-order valence-corrected chi connectivity index (χ1v) is 4.83. The number of aromatic nitrogens is 4. The number of aromatic amines is 2. The van der Waals surface area contributed by atoms with Crippen molar-refractivity contribution in [1.82, 2.24) is 20.4 Å². The summed E-state index contributed by atoms with van der Waals surface area (Å²) in [6.45, 7) is 6.39. The highest BCUT2D eigenvalue weighted by Crippen LogP contribution is 2.30. The molecule has 0 spiro atoms. The van der Waals surface area contributed by atoms with Crippen LogP contribution >= 0.6 is 0 Å². The van der Waals surface area contributed by atoms with Gasteiger partial charge in [0.05, 0.1) is 11.9 Å². The van der Waals surface area contributed by atoms with E-state index in [1.54, 1.807) is 12.3 Å². The summed E-state index contributed by atoms with van der Waals surface area (Å²) in [5.41, 5.74) is 8.58. The Morgan fingerprint density at radius 1 is 1.27 bits per heavy atom. The highest BCUT2D eigenvalue weighted by atomic mass is 15.2. The minimum atomic E-state index is 0.0195. The highest BCUT2D eigenvalue weighted by Gasteiger charge is 2.21. The topological polar surface area (TPSA) is 83.4 Å². The van der Waals surface area contributed by atoms with Crippen LogP contribution in [0.5, 0.6) is 0 Å². The number of anilines is 1. The minimum absolute atomic E-state index is 0.0195. The van der Waals surface area contributed by atoms with E-state index in [1.165, 1.54) is 0 Å². The predicted octanol–water partition coefficient (Wildman–Crippen LogP) is 1.68. The maximum Gasteiger partial charge on any atom is 0.145 e. The van der Waals surface area contributed by atoms with E-state index in [0.717, 1.165) is 17.0 Å². The zero-order valence-electron chi connectivity index (χ0n) is 9.13. The Labute approximate surface area is 88.1 Å². The highest BCUT2D eigenvalue weighted by molar-refractivity contribution is 5.64. The molecular weight excluding hydrogens is 190 g/mol. The summed E-state index contributed by atoms with van der Waals surface area (Å²) >= 11 is 0. The van der Waals surface area contributed by atoms with Gasteiger partial charge in [0, 0.05) is 22.7 Å². The molecule has 2 aromatic heterocycles. The third kappa shape index (κ3) is 1.72. The maximum absolute atomic E-state index is 5.57. The molecule has 0 fully saturated rings. The molecule has 0 bridgehead atoms. The lowest BCUT2D eigenvalue weighted by atomic mass is 9.89. The lowest BCUT2D eigenvalue weighted by Crippen LogP contribution is -2.13. The molecule has 0 aliphatic heterocycles. The van der Waals surface area contributed by atoms with Crippen molar-refractivity contribution in [3.63, 3.8) is 0 Å². The van der Waals surface area contributed by atoms with Crippen LogP contribution in [0.3, 0.4) is 0 Å². The summed E-state index contributed by atoms with van der Waals surface area (Å²) in [5, 5.41) is 13.9. The van der Waals surface area contributed by atoms with Gasteiger partial charge >= 0.3 is 0 Å². The van der Waals surface area contributed by atoms with Gasteiger partial charge in [-0.1, -0.05) is 20.8 Å². The third-order valence-electron chi connectivity index (χ3n) is 2.28. The molecule has 2 rings (SSSR count). The first kappa shape index (κ1) is 9.76. The number of nitrogens with two attached hydrogens (primary N) is 1. The van der Waals surface area contributed by atoms with E-state index in [2.05, 4.69) is 41.2 Å². The molecule has 5 nitrogen and oxygen atoms in total. The van der Waals surface area contributed by atoms with E-state index in [-0.39, 0.29) is 5.41 Å². The molecule has 0 radical (unpaired) electrons. The van der Waals surface area contributed by atoms with Gasteiger partial charge in [-0.2, -0.15) is 10.2 Å². The summed E-state index contributed by atoms with van der Waals surface area (Å²) < 4.78 is 0. The minimum Gasteiger partial charge on any atom is -0.382 e. The smallest absolute Gasteiger partial charge is 0.145 e. The van der Waals surface area contributed by atoms with Gasteiger partial charge in [0.2, 0.25) is 0 Å². The number of nitrogens with one attached hydrogen (secondary N) is 2. The Bertz CT molecular complexity index is 460. The van der Waals surface area contributed by atoms with E-state index in [4.69, 9.17) is 5.73 Å². The van der Waals surface area contributed by atoms with Crippen molar-refractivity contribution in [1.29, 1.82) is 0 Å². The normalized spacial score (nSPS) is 11.9. The molecule has 4 N–H and O–H groups in total. The fourth-order valence-corrected chi connectivity index (χ4v) is 1.54. The number of nitrogen functional groups attached to an aromatic ring is 1. The number of H-pyrrole nitrogens is 2. The monoisotopic (exact) mass is 205 g/mol. The van der Waals surface area contributed by atoms with Crippen molar-refractivity contribution in [2.24, 2.45) is 0 Å². The Kier molecular flexibility index (Phi) is 2.03. The van der Waals surface area contributed by atoms with E-state index in [9.17, 15) is 0 Å². The number of hydrogen-bond donors (Lipinski definition) is 3. The lowest BCUT2D eigenvalue weighted by molar-refractivity contribution is 0.568. The van der Waals surface area contributed by atoms with Crippen LogP contribution in [0, 0.1) is 0 Å². The fraction of sp³-hybridized carbons (Fsp3) is 0.400. The van der Waals surface area contributed by atoms with Crippen molar-refractivity contribution in [3.05, 3.63) is 18.0 Å². The van der Waals surface area contributed by atoms with Crippen molar-refractivity contribution in [2.75, 3.05) is 5.73 Å². The van der Waals surface area contributed by atoms with Crippen LogP contribution in [0.25, 0.3) is 11.3 Å². The van der Waals surface area contributed by atoms with Gasteiger partial charge in [0.1, 0.15) is 5.82 Å². The fourth-order valence-electron chi connectivity index (χ4n) is 1.54. The number of hydrogen-bond acceptors (Lipinski definition) is 3. The van der Waals surface area contributed by atoms with Gasteiger partial charge in [0.25, 0.3) is 0 Å². The molecule has 0 aromatic carbocycles. The van der Waals surface area contributed by atoms with Crippen molar-refractivity contribution in [2.45, 2.75) is 26.2 Å². The zero-order valence-corrected chi connectivity index (χ0v) is 9.13. The van der Waals surface area contributed by atoms with Gasteiger partial charge in [-0.15, -0.1) is 0 Å². The molecule has 0 saturated heterocycles. The Hall–Kier alpha value is -1.78. The summed E-state index contributed by atoms with van der Waals surface area (Å²) in [6, 6.07) is 1.81. The third-order valence-corrected chi connectivity index (χ3v) is 2.28. The summed E-state index contributed by atoms with van der Waals surface area (Å²) in [4.78, 5) is 0. The molecule has 0 aliphatic rings.